The molecule has 0 fully saturated rings. The van der Waals surface area contributed by atoms with E-state index in [1.165, 1.54) is 12.1 Å². The van der Waals surface area contributed by atoms with Crippen molar-refractivity contribution in [2.24, 2.45) is 0 Å². The topological polar surface area (TPSA) is 68.0 Å². The average molecular weight is 368 g/mol. The number of hydrogen-bond donors (Lipinski definition) is 1. The van der Waals surface area contributed by atoms with E-state index in [-0.39, 0.29) is 22.8 Å². The van der Waals surface area contributed by atoms with Crippen LogP contribution in [0.25, 0.3) is 11.3 Å². The molecule has 0 radical (unpaired) electrons. The zero-order chi connectivity index (χ0) is 18.1. The lowest BCUT2D eigenvalue weighted by molar-refractivity contribution is 0.0691. The van der Waals surface area contributed by atoms with Gasteiger partial charge in [-0.25, -0.2) is 22.6 Å². The Kier molecular flexibility index (Phi) is 4.45. The van der Waals surface area contributed by atoms with E-state index in [0.717, 1.165) is 22.9 Å². The van der Waals surface area contributed by atoms with E-state index in [2.05, 4.69) is 10.3 Å². The average Bonchev–Trinajstić information content (AvgIpc) is 2.93. The molecule has 0 saturated carbocycles. The second kappa shape index (κ2) is 6.56. The monoisotopic (exact) mass is 367 g/mol. The standard InChI is InChI=1S/C16H9ClF3N3O2/c17-13-6-10(18)2-1-8(13)7-23-15(14(16(24)25)21-22-23)9-3-11(19)5-12(20)4-9/h1-6H,7H2,(H,24,25). The summed E-state index contributed by atoms with van der Waals surface area (Å²) in [5.74, 6) is -3.69. The Morgan fingerprint density at radius 2 is 1.76 bits per heavy atom. The molecule has 128 valence electrons. The number of aromatic nitrogens is 3. The van der Waals surface area contributed by atoms with E-state index in [0.29, 0.717) is 11.6 Å². The van der Waals surface area contributed by atoms with Crippen LogP contribution in [0.1, 0.15) is 16.1 Å². The van der Waals surface area contributed by atoms with Gasteiger partial charge < -0.3 is 5.11 Å². The predicted molar refractivity (Wildman–Crippen MR) is 82.8 cm³/mol. The summed E-state index contributed by atoms with van der Waals surface area (Å²) in [5, 5.41) is 16.6. The van der Waals surface area contributed by atoms with Gasteiger partial charge in [0.15, 0.2) is 5.69 Å². The molecular weight excluding hydrogens is 359 g/mol. The highest BCUT2D eigenvalue weighted by Crippen LogP contribution is 2.26. The van der Waals surface area contributed by atoms with Crippen molar-refractivity contribution in [3.8, 4) is 11.3 Å². The Labute approximate surface area is 144 Å². The Morgan fingerprint density at radius 3 is 2.36 bits per heavy atom. The van der Waals surface area contributed by atoms with Gasteiger partial charge in [0.1, 0.15) is 23.1 Å². The minimum Gasteiger partial charge on any atom is -0.476 e. The van der Waals surface area contributed by atoms with Gasteiger partial charge in [0.2, 0.25) is 0 Å². The summed E-state index contributed by atoms with van der Waals surface area (Å²) >= 11 is 5.96. The summed E-state index contributed by atoms with van der Waals surface area (Å²) in [6.45, 7) is -0.0626. The van der Waals surface area contributed by atoms with Crippen LogP contribution in [-0.4, -0.2) is 26.1 Å². The molecule has 0 aliphatic carbocycles. The van der Waals surface area contributed by atoms with Crippen molar-refractivity contribution in [3.05, 3.63) is 70.1 Å². The number of carboxylic acid groups (broad SMARTS) is 1. The van der Waals surface area contributed by atoms with E-state index >= 15 is 0 Å². The normalized spacial score (nSPS) is 10.9. The van der Waals surface area contributed by atoms with Gasteiger partial charge in [-0.2, -0.15) is 0 Å². The fourth-order valence-corrected chi connectivity index (χ4v) is 2.58. The molecule has 25 heavy (non-hydrogen) atoms. The van der Waals surface area contributed by atoms with Gasteiger partial charge in [-0.05, 0) is 29.8 Å². The first-order valence-corrected chi connectivity index (χ1v) is 7.30. The Hall–Kier alpha value is -2.87. The van der Waals surface area contributed by atoms with Gasteiger partial charge in [0.05, 0.1) is 6.54 Å². The van der Waals surface area contributed by atoms with Crippen LogP contribution >= 0.6 is 11.6 Å². The van der Waals surface area contributed by atoms with E-state index in [9.17, 15) is 23.1 Å². The largest absolute Gasteiger partial charge is 0.476 e. The molecule has 0 bridgehead atoms. The van der Waals surface area contributed by atoms with Crippen molar-refractivity contribution >= 4 is 17.6 Å². The molecule has 2 aromatic carbocycles. The first kappa shape index (κ1) is 17.0. The first-order chi connectivity index (χ1) is 11.8. The molecule has 1 N–H and O–H groups in total. The van der Waals surface area contributed by atoms with Crippen LogP contribution in [0, 0.1) is 17.5 Å². The zero-order valence-corrected chi connectivity index (χ0v) is 13.1. The number of aromatic carboxylic acids is 1. The lowest BCUT2D eigenvalue weighted by Gasteiger charge is -2.09. The molecule has 0 unspecified atom stereocenters. The molecule has 0 aliphatic heterocycles. The van der Waals surface area contributed by atoms with Crippen LogP contribution in [0.2, 0.25) is 5.02 Å². The van der Waals surface area contributed by atoms with Crippen LogP contribution in [-0.2, 0) is 6.54 Å². The smallest absolute Gasteiger partial charge is 0.358 e. The fraction of sp³-hybridized carbons (Fsp3) is 0.0625. The molecule has 5 nitrogen and oxygen atoms in total. The molecule has 3 rings (SSSR count). The van der Waals surface area contributed by atoms with Gasteiger partial charge in [0.25, 0.3) is 0 Å². The molecule has 1 heterocycles. The molecule has 0 atom stereocenters. The van der Waals surface area contributed by atoms with Crippen molar-refractivity contribution in [2.75, 3.05) is 0 Å². The van der Waals surface area contributed by atoms with Crippen molar-refractivity contribution in [3.63, 3.8) is 0 Å². The molecule has 3 aromatic rings. The number of carboxylic acids is 1. The van der Waals surface area contributed by atoms with Crippen LogP contribution in [0.15, 0.2) is 36.4 Å². The number of carbonyl (C=O) groups is 1. The molecular formula is C16H9ClF3N3O2. The molecule has 0 amide bonds. The van der Waals surface area contributed by atoms with Gasteiger partial charge in [-0.3, -0.25) is 0 Å². The predicted octanol–water partition coefficient (Wildman–Crippen LogP) is 3.76. The second-order valence-electron chi connectivity index (χ2n) is 5.14. The number of nitrogens with zero attached hydrogens (tertiary/aromatic N) is 3. The third-order valence-electron chi connectivity index (χ3n) is 3.41. The van der Waals surface area contributed by atoms with Crippen LogP contribution in [0.5, 0.6) is 0 Å². The highest BCUT2D eigenvalue weighted by Gasteiger charge is 2.22. The Bertz CT molecular complexity index is 955. The van der Waals surface area contributed by atoms with Crippen molar-refractivity contribution in [2.45, 2.75) is 6.54 Å². The summed E-state index contributed by atoms with van der Waals surface area (Å²) in [6.07, 6.45) is 0. The van der Waals surface area contributed by atoms with Gasteiger partial charge in [0, 0.05) is 16.7 Å². The quantitative estimate of drug-likeness (QED) is 0.762. The van der Waals surface area contributed by atoms with E-state index < -0.39 is 29.1 Å². The summed E-state index contributed by atoms with van der Waals surface area (Å²) in [7, 11) is 0. The SMILES string of the molecule is O=C(O)c1nnn(Cc2ccc(F)cc2Cl)c1-c1cc(F)cc(F)c1. The van der Waals surface area contributed by atoms with Crippen LogP contribution < -0.4 is 0 Å². The first-order valence-electron chi connectivity index (χ1n) is 6.92. The van der Waals surface area contributed by atoms with Gasteiger partial charge in [-0.15, -0.1) is 5.10 Å². The minimum absolute atomic E-state index is 0.0434. The van der Waals surface area contributed by atoms with Crippen molar-refractivity contribution in [1.82, 2.24) is 15.0 Å². The van der Waals surface area contributed by atoms with E-state index in [4.69, 9.17) is 11.6 Å². The molecule has 0 spiro atoms. The molecule has 9 heteroatoms. The lowest BCUT2D eigenvalue weighted by Crippen LogP contribution is -2.07. The van der Waals surface area contributed by atoms with Crippen molar-refractivity contribution < 1.29 is 23.1 Å². The summed E-state index contributed by atoms with van der Waals surface area (Å²) in [5.41, 5.74) is -0.171. The molecule has 0 saturated heterocycles. The number of benzene rings is 2. The van der Waals surface area contributed by atoms with E-state index in [1.807, 2.05) is 0 Å². The lowest BCUT2D eigenvalue weighted by atomic mass is 10.1. The third-order valence-corrected chi connectivity index (χ3v) is 3.76. The number of hydrogen-bond acceptors (Lipinski definition) is 3. The minimum atomic E-state index is -1.41. The Balaban J connectivity index is 2.13. The van der Waals surface area contributed by atoms with Gasteiger partial charge in [-0.1, -0.05) is 22.9 Å². The third kappa shape index (κ3) is 3.48. The number of rotatable bonds is 4. The molecule has 0 aliphatic rings. The van der Waals surface area contributed by atoms with Crippen LogP contribution in [0.3, 0.4) is 0 Å². The summed E-state index contributed by atoms with van der Waals surface area (Å²) < 4.78 is 41.3. The highest BCUT2D eigenvalue weighted by atomic mass is 35.5. The van der Waals surface area contributed by atoms with Crippen LogP contribution in [0.4, 0.5) is 13.2 Å². The molecule has 1 aromatic heterocycles. The maximum absolute atomic E-state index is 13.5. The zero-order valence-electron chi connectivity index (χ0n) is 12.4. The highest BCUT2D eigenvalue weighted by molar-refractivity contribution is 6.31. The summed E-state index contributed by atoms with van der Waals surface area (Å²) in [4.78, 5) is 11.4. The van der Waals surface area contributed by atoms with Crippen molar-refractivity contribution in [1.29, 1.82) is 0 Å². The second-order valence-corrected chi connectivity index (χ2v) is 5.55. The fourth-order valence-electron chi connectivity index (χ4n) is 2.36. The summed E-state index contributed by atoms with van der Waals surface area (Å²) in [6, 6.07) is 6.27. The van der Waals surface area contributed by atoms with E-state index in [1.54, 1.807) is 0 Å². The van der Waals surface area contributed by atoms with Gasteiger partial charge >= 0.3 is 5.97 Å². The number of halogens is 4. The Morgan fingerprint density at radius 1 is 1.08 bits per heavy atom. The maximum Gasteiger partial charge on any atom is 0.358 e. The maximum atomic E-state index is 13.5.